The van der Waals surface area contributed by atoms with Gasteiger partial charge in [0.15, 0.2) is 6.29 Å². The topological polar surface area (TPSA) is 30.0 Å². The predicted octanol–water partition coefficient (Wildman–Crippen LogP) is 2.11. The Bertz CT molecular complexity index is 340. The second kappa shape index (κ2) is 3.51. The second-order valence-electron chi connectivity index (χ2n) is 2.16. The molecule has 1 rings (SSSR count). The summed E-state index contributed by atoms with van der Waals surface area (Å²) in [6, 6.07) is 0.331. The molecule has 1 aromatic rings. The highest BCUT2D eigenvalue weighted by Gasteiger charge is 2.18. The minimum absolute atomic E-state index is 0.122. The zero-order valence-electron chi connectivity index (χ0n) is 6.10. The van der Waals surface area contributed by atoms with Crippen molar-refractivity contribution < 1.29 is 22.4 Å². The molecule has 0 radical (unpaired) electrons. The van der Waals surface area contributed by atoms with Crippen molar-refractivity contribution >= 4 is 6.29 Å². The van der Waals surface area contributed by atoms with Crippen molar-refractivity contribution in [2.24, 2.45) is 0 Å². The van der Waals surface area contributed by atoms with Crippen molar-refractivity contribution in [3.63, 3.8) is 0 Å². The molecule has 0 saturated heterocycles. The Hall–Kier alpha value is -1.46. The van der Waals surface area contributed by atoms with E-state index in [0.29, 0.717) is 6.07 Å². The summed E-state index contributed by atoms with van der Waals surface area (Å²) < 4.78 is 49.0. The minimum Gasteiger partial charge on any atom is -0.298 e. The van der Waals surface area contributed by atoms with E-state index in [1.54, 1.807) is 0 Å². The Labute approximate surface area is 70.2 Å². The molecule has 1 aromatic heterocycles. The van der Waals surface area contributed by atoms with Crippen LogP contribution in [0.25, 0.3) is 0 Å². The maximum atomic E-state index is 12.6. The summed E-state index contributed by atoms with van der Waals surface area (Å²) in [5.74, 6) is -2.90. The number of halogens is 4. The number of carbonyl (C=O) groups is 1. The van der Waals surface area contributed by atoms with E-state index in [9.17, 15) is 22.4 Å². The highest BCUT2D eigenvalue weighted by Crippen LogP contribution is 2.23. The lowest BCUT2D eigenvalue weighted by Gasteiger charge is -2.03. The molecule has 0 unspecified atom stereocenters. The van der Waals surface area contributed by atoms with E-state index < -0.39 is 29.4 Å². The average molecular weight is 193 g/mol. The molecular formula is C7H3F4NO. The third-order valence-corrected chi connectivity index (χ3v) is 1.37. The van der Waals surface area contributed by atoms with Crippen LogP contribution < -0.4 is 0 Å². The van der Waals surface area contributed by atoms with Gasteiger partial charge in [-0.3, -0.25) is 4.79 Å². The van der Waals surface area contributed by atoms with Crippen LogP contribution in [0.4, 0.5) is 17.6 Å². The quantitative estimate of drug-likeness (QED) is 0.409. The van der Waals surface area contributed by atoms with Crippen LogP contribution in [0.3, 0.4) is 0 Å². The normalized spacial score (nSPS) is 10.5. The largest absolute Gasteiger partial charge is 0.298 e. The van der Waals surface area contributed by atoms with E-state index in [1.165, 1.54) is 0 Å². The molecule has 0 aliphatic rings. The van der Waals surface area contributed by atoms with Gasteiger partial charge in [-0.15, -0.1) is 0 Å². The van der Waals surface area contributed by atoms with Gasteiger partial charge in [0, 0.05) is 11.6 Å². The monoisotopic (exact) mass is 193 g/mol. The molecule has 0 aliphatic carbocycles. The van der Waals surface area contributed by atoms with Crippen molar-refractivity contribution in [3.05, 3.63) is 29.1 Å². The van der Waals surface area contributed by atoms with Gasteiger partial charge in [-0.25, -0.2) is 8.78 Å². The van der Waals surface area contributed by atoms with Crippen LogP contribution in [0.2, 0.25) is 0 Å². The van der Waals surface area contributed by atoms with Crippen molar-refractivity contribution in [2.45, 2.75) is 6.43 Å². The number of hydrogen-bond donors (Lipinski definition) is 0. The molecule has 70 valence electrons. The number of rotatable bonds is 2. The molecule has 0 aliphatic heterocycles. The molecule has 1 heterocycles. The summed E-state index contributed by atoms with van der Waals surface area (Å²) >= 11 is 0. The van der Waals surface area contributed by atoms with Gasteiger partial charge >= 0.3 is 0 Å². The number of aromatic nitrogens is 1. The van der Waals surface area contributed by atoms with E-state index in [0.717, 1.165) is 0 Å². The molecule has 0 N–H and O–H groups in total. The van der Waals surface area contributed by atoms with Gasteiger partial charge < -0.3 is 0 Å². The highest BCUT2D eigenvalue weighted by molar-refractivity contribution is 5.77. The van der Waals surface area contributed by atoms with Crippen LogP contribution in [-0.4, -0.2) is 11.3 Å². The van der Waals surface area contributed by atoms with Crippen LogP contribution in [0.15, 0.2) is 6.07 Å². The van der Waals surface area contributed by atoms with Gasteiger partial charge in [0.2, 0.25) is 11.9 Å². The fourth-order valence-electron chi connectivity index (χ4n) is 0.809. The number of alkyl halides is 2. The lowest BCUT2D eigenvalue weighted by Crippen LogP contribution is -2.02. The third-order valence-electron chi connectivity index (χ3n) is 1.37. The van der Waals surface area contributed by atoms with Crippen LogP contribution in [0.5, 0.6) is 0 Å². The molecule has 0 saturated carbocycles. The van der Waals surface area contributed by atoms with Gasteiger partial charge in [0.25, 0.3) is 6.43 Å². The van der Waals surface area contributed by atoms with E-state index in [-0.39, 0.29) is 6.29 Å². The molecule has 0 aromatic carbocycles. The van der Waals surface area contributed by atoms with Gasteiger partial charge in [-0.2, -0.15) is 13.8 Å². The van der Waals surface area contributed by atoms with E-state index in [4.69, 9.17) is 0 Å². The standard InChI is InChI=1S/C7H3F4NO/c8-5-1-3(6(9)10)4(2-13)7(11)12-5/h1-2,6H. The zero-order chi connectivity index (χ0) is 10.0. The molecule has 13 heavy (non-hydrogen) atoms. The molecule has 0 amide bonds. The van der Waals surface area contributed by atoms with E-state index in [1.807, 2.05) is 0 Å². The molecule has 0 atom stereocenters. The Balaban J connectivity index is 3.38. The average Bonchev–Trinajstić information content (AvgIpc) is 2.02. The second-order valence-corrected chi connectivity index (χ2v) is 2.16. The van der Waals surface area contributed by atoms with Gasteiger partial charge in [-0.1, -0.05) is 0 Å². The Morgan fingerprint density at radius 2 is 2.00 bits per heavy atom. The number of carbonyl (C=O) groups excluding carboxylic acids is 1. The van der Waals surface area contributed by atoms with Gasteiger partial charge in [-0.05, 0) is 0 Å². The number of pyridine rings is 1. The Kier molecular flexibility index (Phi) is 2.60. The summed E-state index contributed by atoms with van der Waals surface area (Å²) in [5, 5.41) is 0. The van der Waals surface area contributed by atoms with Gasteiger partial charge in [0.1, 0.15) is 0 Å². The fourth-order valence-corrected chi connectivity index (χ4v) is 0.809. The van der Waals surface area contributed by atoms with Gasteiger partial charge in [0.05, 0.1) is 5.56 Å². The maximum Gasteiger partial charge on any atom is 0.264 e. The first-order chi connectivity index (χ1) is 6.06. The minimum atomic E-state index is -3.10. The first-order valence-corrected chi connectivity index (χ1v) is 3.15. The lowest BCUT2D eigenvalue weighted by atomic mass is 10.1. The van der Waals surface area contributed by atoms with Crippen LogP contribution in [-0.2, 0) is 0 Å². The molecule has 6 heteroatoms. The molecule has 2 nitrogen and oxygen atoms in total. The van der Waals surface area contributed by atoms with Crippen molar-refractivity contribution in [1.82, 2.24) is 4.98 Å². The predicted molar refractivity (Wildman–Crippen MR) is 34.5 cm³/mol. The molecule has 0 bridgehead atoms. The maximum absolute atomic E-state index is 12.6. The summed E-state index contributed by atoms with van der Waals surface area (Å²) in [4.78, 5) is 12.7. The van der Waals surface area contributed by atoms with E-state index in [2.05, 4.69) is 4.98 Å². The van der Waals surface area contributed by atoms with Crippen molar-refractivity contribution in [3.8, 4) is 0 Å². The third kappa shape index (κ3) is 1.82. The SMILES string of the molecule is O=Cc1c(C(F)F)cc(F)nc1F. The number of aldehydes is 1. The molecule has 0 spiro atoms. The molecular weight excluding hydrogens is 190 g/mol. The van der Waals surface area contributed by atoms with Crippen LogP contribution in [0, 0.1) is 11.9 Å². The summed E-state index contributed by atoms with van der Waals surface area (Å²) in [6.45, 7) is 0. The van der Waals surface area contributed by atoms with Crippen LogP contribution in [0.1, 0.15) is 22.3 Å². The fraction of sp³-hybridized carbons (Fsp3) is 0.143. The first kappa shape index (κ1) is 9.63. The smallest absolute Gasteiger partial charge is 0.264 e. The Morgan fingerprint density at radius 3 is 2.46 bits per heavy atom. The number of nitrogens with zero attached hydrogens (tertiary/aromatic N) is 1. The number of hydrogen-bond acceptors (Lipinski definition) is 2. The Morgan fingerprint density at radius 1 is 1.38 bits per heavy atom. The van der Waals surface area contributed by atoms with E-state index >= 15 is 0 Å². The zero-order valence-corrected chi connectivity index (χ0v) is 6.10. The highest BCUT2D eigenvalue weighted by atomic mass is 19.3. The lowest BCUT2D eigenvalue weighted by molar-refractivity contribution is 0.110. The van der Waals surface area contributed by atoms with Crippen molar-refractivity contribution in [2.75, 3.05) is 0 Å². The summed E-state index contributed by atoms with van der Waals surface area (Å²) in [6.07, 6.45) is -3.23. The summed E-state index contributed by atoms with van der Waals surface area (Å²) in [5.41, 5.74) is -1.89. The van der Waals surface area contributed by atoms with Crippen molar-refractivity contribution in [1.29, 1.82) is 0 Å². The molecule has 0 fully saturated rings. The first-order valence-electron chi connectivity index (χ1n) is 3.15. The van der Waals surface area contributed by atoms with Crippen LogP contribution >= 0.6 is 0 Å². The summed E-state index contributed by atoms with van der Waals surface area (Å²) in [7, 11) is 0.